The summed E-state index contributed by atoms with van der Waals surface area (Å²) < 4.78 is 0. The third kappa shape index (κ3) is 2.00. The molecule has 1 saturated carbocycles. The van der Waals surface area contributed by atoms with Gasteiger partial charge in [-0.25, -0.2) is 4.79 Å². The Kier molecular flexibility index (Phi) is 2.60. The lowest BCUT2D eigenvalue weighted by atomic mass is 9.94. The SMILES string of the molecule is NC1(C(=O)N2CCc3c(cccc3C(=O)O)C2)CC1. The number of nitrogens with zero attached hydrogens (tertiary/aromatic N) is 1. The minimum absolute atomic E-state index is 0.00104. The van der Waals surface area contributed by atoms with Crippen LogP contribution in [0.25, 0.3) is 0 Å². The number of nitrogens with two attached hydrogens (primary N) is 1. The number of rotatable bonds is 2. The molecule has 1 aromatic carbocycles. The Morgan fingerprint density at radius 3 is 2.68 bits per heavy atom. The number of hydrogen-bond donors (Lipinski definition) is 2. The zero-order valence-electron chi connectivity index (χ0n) is 10.6. The highest BCUT2D eigenvalue weighted by molar-refractivity contribution is 5.91. The van der Waals surface area contributed by atoms with Crippen molar-refractivity contribution in [2.75, 3.05) is 6.54 Å². The number of hydrogen-bond acceptors (Lipinski definition) is 3. The standard InChI is InChI=1S/C14H16N2O3/c15-14(5-6-14)13(19)16-7-4-10-9(8-16)2-1-3-11(10)12(17)18/h1-3H,4-8,15H2,(H,17,18). The normalized spacial score (nSPS) is 19.7. The summed E-state index contributed by atoms with van der Waals surface area (Å²) in [6, 6.07) is 5.23. The predicted molar refractivity (Wildman–Crippen MR) is 68.7 cm³/mol. The van der Waals surface area contributed by atoms with Gasteiger partial charge < -0.3 is 15.7 Å². The number of benzene rings is 1. The second-order valence-electron chi connectivity index (χ2n) is 5.38. The third-order valence-corrected chi connectivity index (χ3v) is 4.00. The summed E-state index contributed by atoms with van der Waals surface area (Å²) >= 11 is 0. The maximum atomic E-state index is 12.2. The van der Waals surface area contributed by atoms with Gasteiger partial charge in [0.15, 0.2) is 0 Å². The van der Waals surface area contributed by atoms with Gasteiger partial charge in [0.25, 0.3) is 0 Å². The topological polar surface area (TPSA) is 83.6 Å². The molecule has 2 aliphatic rings. The first-order chi connectivity index (χ1) is 9.01. The first-order valence-corrected chi connectivity index (χ1v) is 6.43. The van der Waals surface area contributed by atoms with E-state index in [0.29, 0.717) is 25.1 Å². The van der Waals surface area contributed by atoms with E-state index in [1.54, 1.807) is 17.0 Å². The number of carbonyl (C=O) groups excluding carboxylic acids is 1. The van der Waals surface area contributed by atoms with Crippen molar-refractivity contribution in [2.24, 2.45) is 5.73 Å². The van der Waals surface area contributed by atoms with Gasteiger partial charge in [0.2, 0.25) is 5.91 Å². The predicted octanol–water partition coefficient (Wildman–Crippen LogP) is 0.761. The fraction of sp³-hybridized carbons (Fsp3) is 0.429. The molecule has 5 nitrogen and oxygen atoms in total. The molecule has 19 heavy (non-hydrogen) atoms. The molecule has 1 amide bonds. The van der Waals surface area contributed by atoms with Gasteiger partial charge in [-0.2, -0.15) is 0 Å². The van der Waals surface area contributed by atoms with Crippen molar-refractivity contribution in [2.45, 2.75) is 31.3 Å². The molecular formula is C14H16N2O3. The van der Waals surface area contributed by atoms with Gasteiger partial charge in [0.1, 0.15) is 0 Å². The maximum absolute atomic E-state index is 12.2. The Morgan fingerprint density at radius 1 is 1.32 bits per heavy atom. The van der Waals surface area contributed by atoms with Crippen molar-refractivity contribution in [1.29, 1.82) is 0 Å². The maximum Gasteiger partial charge on any atom is 0.335 e. The van der Waals surface area contributed by atoms with Gasteiger partial charge >= 0.3 is 5.97 Å². The Bertz CT molecular complexity index is 564. The monoisotopic (exact) mass is 260 g/mol. The summed E-state index contributed by atoms with van der Waals surface area (Å²) in [5.41, 5.74) is 7.40. The van der Waals surface area contributed by atoms with Gasteiger partial charge in [-0.1, -0.05) is 12.1 Å². The quantitative estimate of drug-likeness (QED) is 0.822. The number of carboxylic acid groups (broad SMARTS) is 1. The minimum atomic E-state index is -0.908. The van der Waals surface area contributed by atoms with Crippen LogP contribution < -0.4 is 5.73 Å². The molecule has 1 aliphatic carbocycles. The molecular weight excluding hydrogens is 244 g/mol. The smallest absolute Gasteiger partial charge is 0.335 e. The van der Waals surface area contributed by atoms with Crippen LogP contribution in [0.2, 0.25) is 0 Å². The molecule has 0 bridgehead atoms. The molecule has 0 aromatic heterocycles. The summed E-state index contributed by atoms with van der Waals surface area (Å²) in [6.45, 7) is 1.02. The summed E-state index contributed by atoms with van der Waals surface area (Å²) in [6.07, 6.45) is 2.09. The molecule has 3 N–H and O–H groups in total. The van der Waals surface area contributed by atoms with Gasteiger partial charge in [-0.05, 0) is 36.5 Å². The molecule has 0 saturated heterocycles. The zero-order chi connectivity index (χ0) is 13.6. The van der Waals surface area contributed by atoms with E-state index in [2.05, 4.69) is 0 Å². The van der Waals surface area contributed by atoms with E-state index >= 15 is 0 Å². The van der Waals surface area contributed by atoms with Crippen LogP contribution in [0, 0.1) is 0 Å². The number of carboxylic acids is 1. The molecule has 1 fully saturated rings. The van der Waals surface area contributed by atoms with Crippen LogP contribution in [0.4, 0.5) is 0 Å². The Labute approximate surface area is 111 Å². The number of fused-ring (bicyclic) bond motifs is 1. The zero-order valence-corrected chi connectivity index (χ0v) is 10.6. The highest BCUT2D eigenvalue weighted by Gasteiger charge is 2.48. The fourth-order valence-electron chi connectivity index (χ4n) is 2.65. The first kappa shape index (κ1) is 12.2. The third-order valence-electron chi connectivity index (χ3n) is 4.00. The van der Waals surface area contributed by atoms with Gasteiger partial charge in [-0.15, -0.1) is 0 Å². The van der Waals surface area contributed by atoms with Crippen LogP contribution in [0.3, 0.4) is 0 Å². The summed E-state index contributed by atoms with van der Waals surface area (Å²) in [5, 5.41) is 9.15. The van der Waals surface area contributed by atoms with Crippen molar-refractivity contribution < 1.29 is 14.7 Å². The van der Waals surface area contributed by atoms with Gasteiger partial charge in [0, 0.05) is 13.1 Å². The van der Waals surface area contributed by atoms with Crippen LogP contribution in [0.1, 0.15) is 34.3 Å². The fourth-order valence-corrected chi connectivity index (χ4v) is 2.65. The van der Waals surface area contributed by atoms with Crippen molar-refractivity contribution in [3.05, 3.63) is 34.9 Å². The Hall–Kier alpha value is -1.88. The number of aromatic carboxylic acids is 1. The van der Waals surface area contributed by atoms with E-state index in [1.165, 1.54) is 0 Å². The van der Waals surface area contributed by atoms with E-state index in [-0.39, 0.29) is 5.91 Å². The van der Waals surface area contributed by atoms with Crippen LogP contribution in [-0.4, -0.2) is 34.0 Å². The molecule has 0 spiro atoms. The van der Waals surface area contributed by atoms with Crippen LogP contribution in [0.15, 0.2) is 18.2 Å². The summed E-state index contributed by atoms with van der Waals surface area (Å²) in [4.78, 5) is 25.1. The molecule has 3 rings (SSSR count). The van der Waals surface area contributed by atoms with Gasteiger partial charge in [0.05, 0.1) is 11.1 Å². The van der Waals surface area contributed by atoms with Crippen molar-refractivity contribution in [3.8, 4) is 0 Å². The minimum Gasteiger partial charge on any atom is -0.478 e. The van der Waals surface area contributed by atoms with Crippen LogP contribution in [0.5, 0.6) is 0 Å². The first-order valence-electron chi connectivity index (χ1n) is 6.43. The van der Waals surface area contributed by atoms with E-state index in [4.69, 9.17) is 10.8 Å². The highest BCUT2D eigenvalue weighted by atomic mass is 16.4. The molecule has 5 heteroatoms. The lowest BCUT2D eigenvalue weighted by Crippen LogP contribution is -2.47. The van der Waals surface area contributed by atoms with E-state index < -0.39 is 11.5 Å². The Morgan fingerprint density at radius 2 is 2.05 bits per heavy atom. The molecule has 1 aliphatic heterocycles. The molecule has 0 radical (unpaired) electrons. The van der Waals surface area contributed by atoms with Gasteiger partial charge in [-0.3, -0.25) is 4.79 Å². The molecule has 1 aromatic rings. The largest absolute Gasteiger partial charge is 0.478 e. The average molecular weight is 260 g/mol. The summed E-state index contributed by atoms with van der Waals surface area (Å²) in [5.74, 6) is -0.909. The molecule has 100 valence electrons. The van der Waals surface area contributed by atoms with Crippen molar-refractivity contribution in [1.82, 2.24) is 4.90 Å². The number of carbonyl (C=O) groups is 2. The average Bonchev–Trinajstić information content (AvgIpc) is 3.15. The number of amides is 1. The Balaban J connectivity index is 1.87. The summed E-state index contributed by atoms with van der Waals surface area (Å²) in [7, 11) is 0. The molecule has 1 heterocycles. The van der Waals surface area contributed by atoms with Crippen molar-refractivity contribution >= 4 is 11.9 Å². The van der Waals surface area contributed by atoms with Crippen molar-refractivity contribution in [3.63, 3.8) is 0 Å². The van der Waals surface area contributed by atoms with Crippen LogP contribution >= 0.6 is 0 Å². The second kappa shape index (κ2) is 4.06. The molecule has 0 atom stereocenters. The highest BCUT2D eigenvalue weighted by Crippen LogP contribution is 2.35. The second-order valence-corrected chi connectivity index (χ2v) is 5.38. The lowest BCUT2D eigenvalue weighted by molar-refractivity contribution is -0.134. The van der Waals surface area contributed by atoms with E-state index in [1.807, 2.05) is 6.07 Å². The van der Waals surface area contributed by atoms with E-state index in [0.717, 1.165) is 24.0 Å². The van der Waals surface area contributed by atoms with Crippen LogP contribution in [-0.2, 0) is 17.8 Å². The molecule has 0 unspecified atom stereocenters. The van der Waals surface area contributed by atoms with E-state index in [9.17, 15) is 9.59 Å². The lowest BCUT2D eigenvalue weighted by Gasteiger charge is -2.31.